The van der Waals surface area contributed by atoms with E-state index >= 15 is 0 Å². The van der Waals surface area contributed by atoms with Crippen LogP contribution in [0.5, 0.6) is 0 Å². The van der Waals surface area contributed by atoms with Crippen LogP contribution in [0.4, 0.5) is 5.69 Å². The van der Waals surface area contributed by atoms with Gasteiger partial charge in [-0.2, -0.15) is 4.31 Å². The van der Waals surface area contributed by atoms with Crippen molar-refractivity contribution in [2.75, 3.05) is 12.3 Å². The van der Waals surface area contributed by atoms with Crippen molar-refractivity contribution in [3.05, 3.63) is 71.5 Å². The number of aliphatic hydroxyl groups excluding tert-OH is 1. The molecular formula is C22H24N6O3S2. The predicted molar refractivity (Wildman–Crippen MR) is 127 cm³/mol. The van der Waals surface area contributed by atoms with E-state index in [-0.39, 0.29) is 18.0 Å². The monoisotopic (exact) mass is 484 g/mol. The van der Waals surface area contributed by atoms with Gasteiger partial charge >= 0.3 is 0 Å². The van der Waals surface area contributed by atoms with E-state index in [9.17, 15) is 13.5 Å². The molecule has 11 heteroatoms. The number of nitrogens with zero attached hydrogens (tertiary/aromatic N) is 5. The van der Waals surface area contributed by atoms with Gasteiger partial charge < -0.3 is 10.8 Å². The average molecular weight is 485 g/mol. The summed E-state index contributed by atoms with van der Waals surface area (Å²) in [6.45, 7) is 1.47. The Labute approximate surface area is 196 Å². The number of aromatic nitrogens is 4. The molecule has 1 unspecified atom stereocenters. The highest BCUT2D eigenvalue weighted by Crippen LogP contribution is 2.28. The minimum absolute atomic E-state index is 0.0264. The van der Waals surface area contributed by atoms with Gasteiger partial charge in [0.25, 0.3) is 0 Å². The van der Waals surface area contributed by atoms with E-state index in [1.807, 2.05) is 0 Å². The zero-order chi connectivity index (χ0) is 23.4. The van der Waals surface area contributed by atoms with Gasteiger partial charge in [0.2, 0.25) is 10.0 Å². The highest BCUT2D eigenvalue weighted by molar-refractivity contribution is 7.89. The number of hydrogen-bond donors (Lipinski definition) is 2. The summed E-state index contributed by atoms with van der Waals surface area (Å²) in [5.74, 6) is 0. The van der Waals surface area contributed by atoms with Gasteiger partial charge in [-0.1, -0.05) is 0 Å². The Morgan fingerprint density at radius 3 is 2.82 bits per heavy atom. The Morgan fingerprint density at radius 2 is 2.06 bits per heavy atom. The minimum Gasteiger partial charge on any atom is -0.397 e. The molecule has 0 spiro atoms. The van der Waals surface area contributed by atoms with E-state index in [4.69, 9.17) is 5.73 Å². The quantitative estimate of drug-likeness (QED) is 0.370. The van der Waals surface area contributed by atoms with Crippen LogP contribution in [0.25, 0.3) is 10.2 Å². The van der Waals surface area contributed by atoms with Crippen LogP contribution in [0.1, 0.15) is 23.4 Å². The number of nitrogens with two attached hydrogens (primary N) is 1. The second-order valence-corrected chi connectivity index (χ2v) is 10.4. The molecule has 0 saturated carbocycles. The van der Waals surface area contributed by atoms with Gasteiger partial charge in [0.1, 0.15) is 6.33 Å². The lowest BCUT2D eigenvalue weighted by Crippen LogP contribution is -2.42. The number of sulfonamides is 1. The van der Waals surface area contributed by atoms with E-state index in [2.05, 4.69) is 19.9 Å². The molecule has 1 atom stereocenters. The first-order valence-corrected chi connectivity index (χ1v) is 12.6. The number of aliphatic hydroxyl groups is 1. The molecule has 0 aliphatic heterocycles. The molecule has 9 nitrogen and oxygen atoms in total. The van der Waals surface area contributed by atoms with Crippen molar-refractivity contribution >= 4 is 37.3 Å². The molecule has 0 bridgehead atoms. The Morgan fingerprint density at radius 1 is 1.21 bits per heavy atom. The second-order valence-electron chi connectivity index (χ2n) is 7.58. The van der Waals surface area contributed by atoms with Crippen molar-refractivity contribution in [1.82, 2.24) is 24.2 Å². The third-order valence-corrected chi connectivity index (χ3v) is 8.19. The molecule has 3 aromatic heterocycles. The number of thiazole rings is 1. The second kappa shape index (κ2) is 9.87. The molecular weight excluding hydrogens is 460 g/mol. The highest BCUT2D eigenvalue weighted by Gasteiger charge is 2.32. The molecule has 0 aliphatic carbocycles. The molecule has 0 amide bonds. The fourth-order valence-electron chi connectivity index (χ4n) is 3.57. The summed E-state index contributed by atoms with van der Waals surface area (Å²) >= 11 is 1.37. The van der Waals surface area contributed by atoms with E-state index in [0.29, 0.717) is 35.5 Å². The molecule has 4 aromatic rings. The third-order valence-electron chi connectivity index (χ3n) is 5.51. The Hall–Kier alpha value is -2.99. The number of rotatable bonds is 9. The molecule has 172 valence electrons. The number of pyridine rings is 1. The number of aryl methyl sites for hydroxylation is 2. The molecule has 0 fully saturated rings. The molecule has 0 radical (unpaired) electrons. The van der Waals surface area contributed by atoms with E-state index in [0.717, 1.165) is 10.2 Å². The first kappa shape index (κ1) is 23.2. The minimum atomic E-state index is -3.97. The lowest BCUT2D eigenvalue weighted by atomic mass is 10.1. The van der Waals surface area contributed by atoms with Crippen LogP contribution in [0, 0.1) is 6.92 Å². The van der Waals surface area contributed by atoms with Crippen molar-refractivity contribution in [3.8, 4) is 0 Å². The maximum atomic E-state index is 13.8. The first-order valence-electron chi connectivity index (χ1n) is 10.3. The van der Waals surface area contributed by atoms with Crippen LogP contribution in [0.3, 0.4) is 0 Å². The van der Waals surface area contributed by atoms with Crippen LogP contribution in [-0.2, 0) is 23.0 Å². The van der Waals surface area contributed by atoms with Gasteiger partial charge in [-0.25, -0.2) is 23.4 Å². The van der Waals surface area contributed by atoms with Crippen molar-refractivity contribution < 1.29 is 13.5 Å². The van der Waals surface area contributed by atoms with Crippen LogP contribution in [-0.4, -0.2) is 50.4 Å². The van der Waals surface area contributed by atoms with Gasteiger partial charge in [0.05, 0.1) is 38.6 Å². The predicted octanol–water partition coefficient (Wildman–Crippen LogP) is 2.56. The van der Waals surface area contributed by atoms with E-state index in [1.165, 1.54) is 22.0 Å². The van der Waals surface area contributed by atoms with Crippen molar-refractivity contribution in [2.24, 2.45) is 0 Å². The lowest BCUT2D eigenvalue weighted by molar-refractivity contribution is 0.175. The summed E-state index contributed by atoms with van der Waals surface area (Å²) in [5, 5.41) is 10.2. The van der Waals surface area contributed by atoms with Gasteiger partial charge in [-0.05, 0) is 50.1 Å². The number of fused-ring (bicyclic) bond motifs is 1. The smallest absolute Gasteiger partial charge is 0.243 e. The Bertz CT molecular complexity index is 1360. The lowest BCUT2D eigenvalue weighted by Gasteiger charge is -2.30. The number of nitrogen functional groups attached to an aromatic ring is 1. The topological polar surface area (TPSA) is 135 Å². The molecule has 3 N–H and O–H groups in total. The van der Waals surface area contributed by atoms with Crippen molar-refractivity contribution in [1.29, 1.82) is 0 Å². The SMILES string of the molecule is Cc1ncncc1CN(C(CO)CCc1ncccc1N)S(=O)(=O)c1ccc2ncsc2c1. The standard InChI is InChI=1S/C22H24N6O3S2/c1-15-16(10-24-13-26-15)11-28(17(12-29)4-6-20-19(23)3-2-8-25-20)33(30,31)18-5-7-21-22(9-18)32-14-27-21/h2-3,5,7-10,13-14,17,29H,4,6,11-12,23H2,1H3. The zero-order valence-electron chi connectivity index (χ0n) is 18.0. The van der Waals surface area contributed by atoms with Crippen LogP contribution in [0.15, 0.2) is 59.5 Å². The normalized spacial score (nSPS) is 12.9. The molecule has 33 heavy (non-hydrogen) atoms. The molecule has 0 saturated heterocycles. The summed E-state index contributed by atoms with van der Waals surface area (Å²) in [6.07, 6.45) is 5.42. The first-order chi connectivity index (χ1) is 15.9. The van der Waals surface area contributed by atoms with Gasteiger partial charge in [0, 0.05) is 36.2 Å². The molecule has 0 aliphatic rings. The summed E-state index contributed by atoms with van der Waals surface area (Å²) in [4.78, 5) is 16.9. The summed E-state index contributed by atoms with van der Waals surface area (Å²) in [5.41, 5.74) is 11.0. The van der Waals surface area contributed by atoms with Crippen LogP contribution >= 0.6 is 11.3 Å². The Balaban J connectivity index is 1.71. The van der Waals surface area contributed by atoms with Crippen molar-refractivity contribution in [2.45, 2.75) is 37.2 Å². The Kier molecular flexibility index (Phi) is 6.94. The summed E-state index contributed by atoms with van der Waals surface area (Å²) in [7, 11) is -3.97. The maximum Gasteiger partial charge on any atom is 0.243 e. The van der Waals surface area contributed by atoms with E-state index < -0.39 is 16.1 Å². The molecule has 1 aromatic carbocycles. The van der Waals surface area contributed by atoms with Crippen LogP contribution in [0.2, 0.25) is 0 Å². The van der Waals surface area contributed by atoms with Gasteiger partial charge in [-0.3, -0.25) is 4.98 Å². The zero-order valence-corrected chi connectivity index (χ0v) is 19.6. The number of anilines is 1. The fraction of sp³-hybridized carbons (Fsp3) is 0.273. The number of benzene rings is 1. The van der Waals surface area contributed by atoms with Gasteiger partial charge in [0.15, 0.2) is 0 Å². The largest absolute Gasteiger partial charge is 0.397 e. The van der Waals surface area contributed by atoms with Crippen molar-refractivity contribution in [3.63, 3.8) is 0 Å². The average Bonchev–Trinajstić information content (AvgIpc) is 3.29. The summed E-state index contributed by atoms with van der Waals surface area (Å²) in [6, 6.07) is 7.65. The third kappa shape index (κ3) is 5.01. The maximum absolute atomic E-state index is 13.8. The number of hydrogen-bond acceptors (Lipinski definition) is 9. The molecule has 4 rings (SSSR count). The summed E-state index contributed by atoms with van der Waals surface area (Å²) < 4.78 is 29.7. The fourth-order valence-corrected chi connectivity index (χ4v) is 6.02. The van der Waals surface area contributed by atoms with Gasteiger partial charge in [-0.15, -0.1) is 11.3 Å². The highest BCUT2D eigenvalue weighted by atomic mass is 32.2. The molecule has 3 heterocycles. The van der Waals surface area contributed by atoms with E-state index in [1.54, 1.807) is 55.2 Å². The van der Waals surface area contributed by atoms with Crippen LogP contribution < -0.4 is 5.73 Å².